The molecule has 1 atom stereocenters. The fourth-order valence-corrected chi connectivity index (χ4v) is 4.84. The van der Waals surface area contributed by atoms with Crippen molar-refractivity contribution in [2.24, 2.45) is 5.92 Å². The number of hydrogen-bond acceptors (Lipinski definition) is 3. The van der Waals surface area contributed by atoms with E-state index in [4.69, 9.17) is 11.6 Å². The summed E-state index contributed by atoms with van der Waals surface area (Å²) in [7, 11) is -3.45. The van der Waals surface area contributed by atoms with Gasteiger partial charge in [-0.1, -0.05) is 13.8 Å². The lowest BCUT2D eigenvalue weighted by Gasteiger charge is -2.14. The number of nitrogens with one attached hydrogen (secondary N) is 1. The minimum atomic E-state index is -3.45. The second-order valence-corrected chi connectivity index (χ2v) is 9.01. The van der Waals surface area contributed by atoms with E-state index in [-0.39, 0.29) is 17.8 Å². The molecule has 1 aromatic heterocycles. The third-order valence-electron chi connectivity index (χ3n) is 2.32. The molecule has 0 amide bonds. The molecule has 0 aliphatic carbocycles. The van der Waals surface area contributed by atoms with Gasteiger partial charge >= 0.3 is 0 Å². The van der Waals surface area contributed by atoms with E-state index in [1.54, 1.807) is 13.0 Å². The maximum atomic E-state index is 12.0. The van der Waals surface area contributed by atoms with Crippen LogP contribution in [0.25, 0.3) is 0 Å². The van der Waals surface area contributed by atoms with Gasteiger partial charge in [0.1, 0.15) is 0 Å². The Bertz CT molecular complexity index is 484. The van der Waals surface area contributed by atoms with Crippen LogP contribution in [0.3, 0.4) is 0 Å². The normalized spacial score (nSPS) is 14.2. The maximum absolute atomic E-state index is 12.0. The van der Waals surface area contributed by atoms with E-state index in [1.165, 1.54) is 11.3 Å². The Hall–Kier alpha value is 0.380. The zero-order valence-electron chi connectivity index (χ0n) is 9.83. The average molecular weight is 361 g/mol. The summed E-state index contributed by atoms with van der Waals surface area (Å²) < 4.78 is 27.4. The topological polar surface area (TPSA) is 46.2 Å². The first kappa shape index (κ1) is 15.4. The molecule has 1 rings (SSSR count). The maximum Gasteiger partial charge on any atom is 0.241 e. The SMILES string of the molecule is Cc1sc(Br)cc1S(=O)(=O)NCC(Cl)C(C)C. The summed E-state index contributed by atoms with van der Waals surface area (Å²) in [6, 6.07) is 1.61. The Balaban J connectivity index is 2.80. The van der Waals surface area contributed by atoms with Crippen LogP contribution in [0, 0.1) is 12.8 Å². The standard InChI is InChI=1S/C10H15BrClNO2S2/c1-6(2)8(12)5-13-17(14,15)9-4-10(11)16-7(9)3/h4,6,8,13H,5H2,1-3H3. The molecule has 1 aromatic rings. The van der Waals surface area contributed by atoms with E-state index in [0.29, 0.717) is 4.90 Å². The smallest absolute Gasteiger partial charge is 0.210 e. The van der Waals surface area contributed by atoms with Crippen LogP contribution in [0.15, 0.2) is 14.7 Å². The molecular formula is C10H15BrClNO2S2. The van der Waals surface area contributed by atoms with Gasteiger partial charge in [0, 0.05) is 16.8 Å². The van der Waals surface area contributed by atoms with Gasteiger partial charge in [0.2, 0.25) is 10.0 Å². The number of thiophene rings is 1. The highest BCUT2D eigenvalue weighted by atomic mass is 79.9. The summed E-state index contributed by atoms with van der Waals surface area (Å²) in [5.74, 6) is 0.231. The molecule has 0 radical (unpaired) electrons. The number of aryl methyl sites for hydroxylation is 1. The van der Waals surface area contributed by atoms with Gasteiger partial charge in [0.25, 0.3) is 0 Å². The van der Waals surface area contributed by atoms with Crippen molar-refractivity contribution in [3.05, 3.63) is 14.7 Å². The van der Waals surface area contributed by atoms with Crippen molar-refractivity contribution in [3.8, 4) is 0 Å². The van der Waals surface area contributed by atoms with E-state index >= 15 is 0 Å². The van der Waals surface area contributed by atoms with Crippen molar-refractivity contribution in [3.63, 3.8) is 0 Å². The number of alkyl halides is 1. The lowest BCUT2D eigenvalue weighted by atomic mass is 10.1. The number of sulfonamides is 1. The summed E-state index contributed by atoms with van der Waals surface area (Å²) in [5.41, 5.74) is 0. The third-order valence-corrected chi connectivity index (χ3v) is 6.21. The summed E-state index contributed by atoms with van der Waals surface area (Å²) >= 11 is 10.7. The predicted molar refractivity (Wildman–Crippen MR) is 76.4 cm³/mol. The van der Waals surface area contributed by atoms with Gasteiger partial charge < -0.3 is 0 Å². The molecule has 0 aliphatic heterocycles. The zero-order valence-corrected chi connectivity index (χ0v) is 13.8. The van der Waals surface area contributed by atoms with Crippen LogP contribution in [0.2, 0.25) is 0 Å². The third kappa shape index (κ3) is 4.21. The van der Waals surface area contributed by atoms with Crippen molar-refractivity contribution in [2.45, 2.75) is 31.0 Å². The fourth-order valence-electron chi connectivity index (χ4n) is 1.20. The van der Waals surface area contributed by atoms with Crippen LogP contribution in [0.5, 0.6) is 0 Å². The molecule has 0 saturated carbocycles. The second-order valence-electron chi connectivity index (χ2n) is 4.08. The van der Waals surface area contributed by atoms with Gasteiger partial charge in [-0.2, -0.15) is 0 Å². The fraction of sp³-hybridized carbons (Fsp3) is 0.600. The van der Waals surface area contributed by atoms with Gasteiger partial charge in [-0.3, -0.25) is 0 Å². The largest absolute Gasteiger partial charge is 0.241 e. The number of hydrogen-bond donors (Lipinski definition) is 1. The number of halogens is 2. The Morgan fingerprint density at radius 2 is 2.12 bits per heavy atom. The Labute approximate surface area is 120 Å². The zero-order chi connectivity index (χ0) is 13.2. The first-order chi connectivity index (χ1) is 7.74. The summed E-state index contributed by atoms with van der Waals surface area (Å²) in [6.07, 6.45) is 0. The van der Waals surface area contributed by atoms with Gasteiger partial charge in [-0.15, -0.1) is 22.9 Å². The molecule has 0 bridgehead atoms. The molecule has 1 N–H and O–H groups in total. The van der Waals surface area contributed by atoms with E-state index in [9.17, 15) is 8.42 Å². The van der Waals surface area contributed by atoms with Crippen LogP contribution in [-0.2, 0) is 10.0 Å². The highest BCUT2D eigenvalue weighted by Crippen LogP contribution is 2.29. The first-order valence-corrected chi connectivity index (χ1v) is 8.66. The monoisotopic (exact) mass is 359 g/mol. The molecule has 0 aliphatic rings. The molecule has 0 saturated heterocycles. The molecule has 7 heteroatoms. The highest BCUT2D eigenvalue weighted by molar-refractivity contribution is 9.11. The molecule has 98 valence electrons. The van der Waals surface area contributed by atoms with E-state index in [0.717, 1.165) is 8.66 Å². The summed E-state index contributed by atoms with van der Waals surface area (Å²) in [6.45, 7) is 5.94. The minimum absolute atomic E-state index is 0.202. The van der Waals surface area contributed by atoms with Crippen LogP contribution < -0.4 is 4.72 Å². The van der Waals surface area contributed by atoms with Crippen molar-refractivity contribution in [1.82, 2.24) is 4.72 Å². The van der Waals surface area contributed by atoms with Crippen molar-refractivity contribution in [1.29, 1.82) is 0 Å². The highest BCUT2D eigenvalue weighted by Gasteiger charge is 2.21. The van der Waals surface area contributed by atoms with Crippen molar-refractivity contribution in [2.75, 3.05) is 6.54 Å². The second kappa shape index (κ2) is 6.02. The van der Waals surface area contributed by atoms with Gasteiger partial charge in [0.15, 0.2) is 0 Å². The molecule has 0 spiro atoms. The van der Waals surface area contributed by atoms with Crippen molar-refractivity contribution < 1.29 is 8.42 Å². The van der Waals surface area contributed by atoms with Crippen LogP contribution in [0.4, 0.5) is 0 Å². The average Bonchev–Trinajstić information content (AvgIpc) is 2.55. The van der Waals surface area contributed by atoms with Crippen molar-refractivity contribution >= 4 is 48.9 Å². The summed E-state index contributed by atoms with van der Waals surface area (Å²) in [5, 5.41) is -0.202. The lowest BCUT2D eigenvalue weighted by Crippen LogP contribution is -2.32. The van der Waals surface area contributed by atoms with Crippen LogP contribution in [-0.4, -0.2) is 20.3 Å². The van der Waals surface area contributed by atoms with Gasteiger partial charge in [-0.05, 0) is 34.8 Å². The van der Waals surface area contributed by atoms with E-state index < -0.39 is 10.0 Å². The molecule has 17 heavy (non-hydrogen) atoms. The van der Waals surface area contributed by atoms with E-state index in [1.807, 2.05) is 13.8 Å². The molecule has 0 fully saturated rings. The minimum Gasteiger partial charge on any atom is -0.210 e. The Morgan fingerprint density at radius 3 is 2.53 bits per heavy atom. The van der Waals surface area contributed by atoms with Gasteiger partial charge in [0.05, 0.1) is 8.68 Å². The quantitative estimate of drug-likeness (QED) is 0.818. The molecule has 1 unspecified atom stereocenters. The Morgan fingerprint density at radius 1 is 1.53 bits per heavy atom. The van der Waals surface area contributed by atoms with Crippen LogP contribution in [0.1, 0.15) is 18.7 Å². The molecule has 0 aromatic carbocycles. The molecular weight excluding hydrogens is 346 g/mol. The van der Waals surface area contributed by atoms with Gasteiger partial charge in [-0.25, -0.2) is 13.1 Å². The first-order valence-electron chi connectivity index (χ1n) is 5.13. The van der Waals surface area contributed by atoms with Crippen LogP contribution >= 0.6 is 38.9 Å². The molecule has 3 nitrogen and oxygen atoms in total. The lowest BCUT2D eigenvalue weighted by molar-refractivity contribution is 0.556. The number of rotatable bonds is 5. The molecule has 1 heterocycles. The predicted octanol–water partition coefficient (Wildman–Crippen LogP) is 3.36. The van der Waals surface area contributed by atoms with E-state index in [2.05, 4.69) is 20.7 Å². The summed E-state index contributed by atoms with van der Waals surface area (Å²) in [4.78, 5) is 1.09. The Kier molecular flexibility index (Phi) is 5.46.